The second kappa shape index (κ2) is 18.5. The van der Waals surface area contributed by atoms with Crippen molar-refractivity contribution >= 4 is 88.0 Å². The Kier molecular flexibility index (Phi) is 13.3. The van der Waals surface area contributed by atoms with E-state index in [1.54, 1.807) is 6.07 Å². The summed E-state index contributed by atoms with van der Waals surface area (Å²) in [4.78, 5) is 27.5. The Balaban J connectivity index is 0.000000155. The van der Waals surface area contributed by atoms with E-state index in [-0.39, 0.29) is 11.5 Å². The zero-order chi connectivity index (χ0) is 38.9. The number of benzene rings is 6. The van der Waals surface area contributed by atoms with Crippen LogP contribution in [0.4, 0.5) is 31.5 Å². The molecule has 0 atom stereocenters. The molecule has 9 nitrogen and oxygen atoms in total. The Morgan fingerprint density at radius 2 is 1.07 bits per heavy atom. The van der Waals surface area contributed by atoms with Crippen molar-refractivity contribution in [3.05, 3.63) is 141 Å². The van der Waals surface area contributed by atoms with Crippen LogP contribution in [0.15, 0.2) is 118 Å². The summed E-state index contributed by atoms with van der Waals surface area (Å²) in [5.41, 5.74) is 8.89. The third kappa shape index (κ3) is 10.2. The molecule has 2 aliphatic rings. The molecule has 0 aliphatic carbocycles. The number of carbonyl (C=O) groups excluding carboxylic acids is 1. The summed E-state index contributed by atoms with van der Waals surface area (Å²) in [6, 6.07) is 31.8. The van der Waals surface area contributed by atoms with Crippen LogP contribution in [0.1, 0.15) is 20.7 Å². The van der Waals surface area contributed by atoms with Gasteiger partial charge in [0, 0.05) is 74.2 Å². The van der Waals surface area contributed by atoms with Gasteiger partial charge in [0.2, 0.25) is 0 Å². The standard InChI is InChI=1S/C21H18BrFN2O2.C11H12FNO3.C10H8BrN/c22-19-5-6-20(18-4-2-1-3-17(18)19)24-21(26)14-11-15(23)13-16(12-14)25-7-9-27-10-8-25;12-9-5-8(11(14)15)6-10(7-9)13-1-3-16-4-2-13;11-9-5-6-10(12)8-4-2-1-3-7(8)9/h1-6,11-13H,7-10H2,(H,24,26);5-7H,1-4H2,(H,14,15);1-6H,12H2. The number of nitrogen functional groups attached to an aromatic ring is 1. The summed E-state index contributed by atoms with van der Waals surface area (Å²) in [5.74, 6) is -2.41. The van der Waals surface area contributed by atoms with E-state index in [1.165, 1.54) is 24.3 Å². The van der Waals surface area contributed by atoms with E-state index in [9.17, 15) is 18.4 Å². The van der Waals surface area contributed by atoms with Crippen LogP contribution in [-0.4, -0.2) is 69.6 Å². The summed E-state index contributed by atoms with van der Waals surface area (Å²) in [6.45, 7) is 5.04. The van der Waals surface area contributed by atoms with Gasteiger partial charge in [0.15, 0.2) is 0 Å². The number of nitrogens with one attached hydrogen (secondary N) is 1. The lowest BCUT2D eigenvalue weighted by molar-refractivity contribution is 0.0696. The Morgan fingerprint density at radius 3 is 1.60 bits per heavy atom. The maximum Gasteiger partial charge on any atom is 0.335 e. The number of morpholine rings is 2. The molecule has 6 aromatic rings. The quantitative estimate of drug-likeness (QED) is 0.147. The Labute approximate surface area is 333 Å². The lowest BCUT2D eigenvalue weighted by Gasteiger charge is -2.29. The lowest BCUT2D eigenvalue weighted by atomic mass is 10.1. The van der Waals surface area contributed by atoms with E-state index < -0.39 is 17.6 Å². The minimum Gasteiger partial charge on any atom is -0.478 e. The molecule has 0 spiro atoms. The van der Waals surface area contributed by atoms with Gasteiger partial charge in [-0.05, 0) is 71.4 Å². The first-order valence-corrected chi connectivity index (χ1v) is 19.1. The number of carboxylic acid groups (broad SMARTS) is 1. The maximum absolute atomic E-state index is 14.1. The van der Waals surface area contributed by atoms with Crippen molar-refractivity contribution in [1.82, 2.24) is 0 Å². The smallest absolute Gasteiger partial charge is 0.335 e. The molecule has 0 unspecified atom stereocenters. The molecule has 1 amide bonds. The molecular weight excluding hydrogens is 838 g/mol. The van der Waals surface area contributed by atoms with Gasteiger partial charge >= 0.3 is 5.97 Å². The number of ether oxygens (including phenoxy) is 2. The van der Waals surface area contributed by atoms with E-state index >= 15 is 0 Å². The van der Waals surface area contributed by atoms with Crippen molar-refractivity contribution in [2.45, 2.75) is 0 Å². The average molecular weight is 877 g/mol. The number of hydrogen-bond donors (Lipinski definition) is 3. The third-order valence-electron chi connectivity index (χ3n) is 9.05. The average Bonchev–Trinajstić information content (AvgIpc) is 3.21. The molecule has 0 radical (unpaired) electrons. The predicted molar refractivity (Wildman–Crippen MR) is 221 cm³/mol. The zero-order valence-corrected chi connectivity index (χ0v) is 32.8. The Hall–Kier alpha value is -5.08. The number of halogens is 4. The van der Waals surface area contributed by atoms with Crippen LogP contribution in [0.3, 0.4) is 0 Å². The molecule has 55 heavy (non-hydrogen) atoms. The van der Waals surface area contributed by atoms with Gasteiger partial charge in [0.1, 0.15) is 11.6 Å². The maximum atomic E-state index is 14.1. The van der Waals surface area contributed by atoms with Crippen LogP contribution in [0.5, 0.6) is 0 Å². The van der Waals surface area contributed by atoms with Gasteiger partial charge in [0.25, 0.3) is 5.91 Å². The molecule has 2 saturated heterocycles. The summed E-state index contributed by atoms with van der Waals surface area (Å²) in [6.07, 6.45) is 0. The van der Waals surface area contributed by atoms with Crippen LogP contribution in [-0.2, 0) is 9.47 Å². The molecule has 0 bridgehead atoms. The highest BCUT2D eigenvalue weighted by Gasteiger charge is 2.17. The number of fused-ring (bicyclic) bond motifs is 2. The first-order chi connectivity index (χ1) is 26.6. The number of rotatable bonds is 5. The van der Waals surface area contributed by atoms with Gasteiger partial charge in [-0.15, -0.1) is 0 Å². The highest BCUT2D eigenvalue weighted by molar-refractivity contribution is 9.11. The zero-order valence-electron chi connectivity index (χ0n) is 29.6. The van der Waals surface area contributed by atoms with Crippen LogP contribution < -0.4 is 20.9 Å². The second-order valence-corrected chi connectivity index (χ2v) is 14.4. The molecule has 2 fully saturated rings. The van der Waals surface area contributed by atoms with Crippen molar-refractivity contribution in [2.75, 3.05) is 73.5 Å². The molecule has 0 saturated carbocycles. The number of amides is 1. The topological polar surface area (TPSA) is 117 Å². The van der Waals surface area contributed by atoms with Crippen LogP contribution in [0, 0.1) is 11.6 Å². The summed E-state index contributed by atoms with van der Waals surface area (Å²) in [5, 5.41) is 15.9. The number of carbonyl (C=O) groups is 2. The third-order valence-corrected chi connectivity index (χ3v) is 10.4. The highest BCUT2D eigenvalue weighted by atomic mass is 79.9. The fraction of sp³-hybridized carbons (Fsp3) is 0.190. The van der Waals surface area contributed by atoms with E-state index in [1.807, 2.05) is 76.5 Å². The Morgan fingerprint density at radius 1 is 0.618 bits per heavy atom. The number of nitrogens with zero attached hydrogens (tertiary/aromatic N) is 2. The highest BCUT2D eigenvalue weighted by Crippen LogP contribution is 2.31. The fourth-order valence-corrected chi connectivity index (χ4v) is 7.22. The van der Waals surface area contributed by atoms with Crippen molar-refractivity contribution in [3.8, 4) is 0 Å². The van der Waals surface area contributed by atoms with Gasteiger partial charge in [-0.1, -0.05) is 80.4 Å². The minimum absolute atomic E-state index is 0.0264. The largest absolute Gasteiger partial charge is 0.478 e. The normalized spacial score (nSPS) is 14.0. The van der Waals surface area contributed by atoms with Gasteiger partial charge in [-0.2, -0.15) is 0 Å². The first kappa shape index (κ1) is 39.6. The van der Waals surface area contributed by atoms with Gasteiger partial charge < -0.3 is 35.4 Å². The summed E-state index contributed by atoms with van der Waals surface area (Å²) < 4.78 is 39.9. The van der Waals surface area contributed by atoms with Gasteiger partial charge in [0.05, 0.1) is 32.0 Å². The van der Waals surface area contributed by atoms with Crippen molar-refractivity contribution in [1.29, 1.82) is 0 Å². The van der Waals surface area contributed by atoms with Crippen molar-refractivity contribution < 1.29 is 33.0 Å². The van der Waals surface area contributed by atoms with Crippen molar-refractivity contribution in [2.24, 2.45) is 0 Å². The van der Waals surface area contributed by atoms with E-state index in [0.29, 0.717) is 75.2 Å². The molecule has 6 aromatic carbocycles. The monoisotopic (exact) mass is 874 g/mol. The van der Waals surface area contributed by atoms with Gasteiger partial charge in [-0.25, -0.2) is 13.6 Å². The molecule has 2 aliphatic heterocycles. The second-order valence-electron chi connectivity index (χ2n) is 12.7. The van der Waals surface area contributed by atoms with E-state index in [4.69, 9.17) is 20.3 Å². The molecule has 2 heterocycles. The number of anilines is 4. The first-order valence-electron chi connectivity index (χ1n) is 17.5. The minimum atomic E-state index is -1.12. The van der Waals surface area contributed by atoms with Crippen LogP contribution in [0.25, 0.3) is 21.5 Å². The number of nitrogens with two attached hydrogens (primary N) is 1. The lowest BCUT2D eigenvalue weighted by Crippen LogP contribution is -2.36. The molecule has 4 N–H and O–H groups in total. The molecule has 0 aromatic heterocycles. The molecule has 284 valence electrons. The van der Waals surface area contributed by atoms with Gasteiger partial charge in [-0.3, -0.25) is 4.79 Å². The van der Waals surface area contributed by atoms with E-state index in [0.717, 1.165) is 42.2 Å². The Bertz CT molecular complexity index is 2280. The fourth-order valence-electron chi connectivity index (χ4n) is 6.26. The number of aromatic carboxylic acids is 1. The predicted octanol–water partition coefficient (Wildman–Crippen LogP) is 9.38. The molecular formula is C42H38Br2F2N4O5. The summed E-state index contributed by atoms with van der Waals surface area (Å²) in [7, 11) is 0. The SMILES string of the molecule is Nc1ccc(Br)c2ccccc12.O=C(Nc1ccc(Br)c2ccccc12)c1cc(F)cc(N2CCOCC2)c1.O=C(O)c1cc(F)cc(N2CCOCC2)c1. The van der Waals surface area contributed by atoms with Crippen LogP contribution >= 0.6 is 31.9 Å². The summed E-state index contributed by atoms with van der Waals surface area (Å²) >= 11 is 7.00. The van der Waals surface area contributed by atoms with Crippen LogP contribution in [0.2, 0.25) is 0 Å². The van der Waals surface area contributed by atoms with Crippen molar-refractivity contribution in [3.63, 3.8) is 0 Å². The molecule has 13 heteroatoms. The number of hydrogen-bond acceptors (Lipinski definition) is 7. The van der Waals surface area contributed by atoms with E-state index in [2.05, 4.69) is 43.2 Å². The number of carboxylic acids is 1. The molecule has 8 rings (SSSR count).